The first-order chi connectivity index (χ1) is 25.7. The minimum Gasteiger partial charge on any atom is -0.337 e. The largest absolute Gasteiger partial charge is 0.337 e. The molecule has 0 saturated heterocycles. The molecule has 0 amide bonds. The smallest absolute Gasteiger partial charge is 0.158 e. The molecular weight excluding hydrogens is 635 g/mol. The quantitative estimate of drug-likeness (QED) is 0.105. The van der Waals surface area contributed by atoms with Crippen LogP contribution in [0, 0.1) is 0 Å². The summed E-state index contributed by atoms with van der Waals surface area (Å²) in [6.45, 7) is 0.529. The Morgan fingerprint density at radius 1 is 0.519 bits per heavy atom. The first kappa shape index (κ1) is 30.2. The van der Waals surface area contributed by atoms with Gasteiger partial charge in [-0.25, -0.2) is 0 Å². The highest BCUT2D eigenvalue weighted by molar-refractivity contribution is 6.23. The predicted molar refractivity (Wildman–Crippen MR) is 218 cm³/mol. The van der Waals surface area contributed by atoms with E-state index in [0.29, 0.717) is 6.54 Å². The highest BCUT2D eigenvalue weighted by Crippen LogP contribution is 2.41. The van der Waals surface area contributed by atoms with Crippen molar-refractivity contribution in [2.24, 2.45) is 10.7 Å². The SMILES string of the molecule is NC(N/C(=N\Cc1ccccc1)c1ccc2ccccc2c1)n1c2ccccc2c2cc3c4ccc5ccccc5c4n(-c4ccccc4)c3cc21. The third-order valence-corrected chi connectivity index (χ3v) is 10.3. The van der Waals surface area contributed by atoms with E-state index in [-0.39, 0.29) is 0 Å². The van der Waals surface area contributed by atoms with Gasteiger partial charge in [-0.05, 0) is 58.1 Å². The summed E-state index contributed by atoms with van der Waals surface area (Å²) in [5.41, 5.74) is 15.0. The molecule has 0 fully saturated rings. The van der Waals surface area contributed by atoms with Gasteiger partial charge in [-0.15, -0.1) is 0 Å². The number of hydrogen-bond donors (Lipinski definition) is 2. The Labute approximate surface area is 300 Å². The fourth-order valence-electron chi connectivity index (χ4n) is 7.93. The molecule has 10 aromatic rings. The number of rotatable bonds is 6. The average molecular weight is 670 g/mol. The van der Waals surface area contributed by atoms with Gasteiger partial charge >= 0.3 is 0 Å². The van der Waals surface area contributed by atoms with Crippen molar-refractivity contribution in [3.05, 3.63) is 187 Å². The van der Waals surface area contributed by atoms with E-state index in [2.05, 4.69) is 184 Å². The lowest BCUT2D eigenvalue weighted by Crippen LogP contribution is -2.38. The maximum atomic E-state index is 7.30. The Hall–Kier alpha value is -6.69. The Balaban J connectivity index is 1.19. The molecule has 0 spiro atoms. The highest BCUT2D eigenvalue weighted by atomic mass is 15.3. The fraction of sp³-hybridized carbons (Fsp3) is 0.0426. The number of aliphatic imine (C=N–C) groups is 1. The summed E-state index contributed by atoms with van der Waals surface area (Å²) >= 11 is 0. The van der Waals surface area contributed by atoms with Crippen LogP contribution in [0.15, 0.2) is 181 Å². The number of nitrogens with one attached hydrogen (secondary N) is 1. The first-order valence-electron chi connectivity index (χ1n) is 17.7. The summed E-state index contributed by atoms with van der Waals surface area (Å²) in [4.78, 5) is 5.15. The molecule has 2 aromatic heterocycles. The second kappa shape index (κ2) is 12.3. The molecule has 0 saturated carbocycles. The Bertz CT molecular complexity index is 2970. The van der Waals surface area contributed by atoms with Gasteiger partial charge in [0.2, 0.25) is 0 Å². The topological polar surface area (TPSA) is 60.3 Å². The summed E-state index contributed by atoms with van der Waals surface area (Å²) in [7, 11) is 0. The zero-order chi connectivity index (χ0) is 34.6. The molecule has 8 aromatic carbocycles. The van der Waals surface area contributed by atoms with Crippen molar-refractivity contribution in [2.45, 2.75) is 12.8 Å². The number of hydrogen-bond acceptors (Lipinski definition) is 2. The van der Waals surface area contributed by atoms with Crippen molar-refractivity contribution >= 4 is 71.0 Å². The molecule has 2 heterocycles. The highest BCUT2D eigenvalue weighted by Gasteiger charge is 2.22. The monoisotopic (exact) mass is 669 g/mol. The Morgan fingerprint density at radius 3 is 2.00 bits per heavy atom. The molecule has 1 unspecified atom stereocenters. The van der Waals surface area contributed by atoms with Gasteiger partial charge in [0.25, 0.3) is 0 Å². The van der Waals surface area contributed by atoms with Crippen LogP contribution in [0.4, 0.5) is 0 Å². The van der Waals surface area contributed by atoms with Crippen LogP contribution in [-0.2, 0) is 6.54 Å². The Kier molecular flexibility index (Phi) is 7.12. The van der Waals surface area contributed by atoms with Crippen LogP contribution in [0.25, 0.3) is 70.8 Å². The molecule has 1 atom stereocenters. The van der Waals surface area contributed by atoms with Crippen LogP contribution in [0.3, 0.4) is 0 Å². The van der Waals surface area contributed by atoms with Crippen LogP contribution >= 0.6 is 0 Å². The van der Waals surface area contributed by atoms with E-state index in [4.69, 9.17) is 10.7 Å². The van der Waals surface area contributed by atoms with Crippen molar-refractivity contribution in [1.29, 1.82) is 0 Å². The molecule has 0 aliphatic heterocycles. The maximum absolute atomic E-state index is 7.30. The molecule has 5 heteroatoms. The molecule has 248 valence electrons. The molecule has 0 bridgehead atoms. The van der Waals surface area contributed by atoms with Gasteiger partial charge in [0.1, 0.15) is 5.84 Å². The molecule has 0 aliphatic rings. The summed E-state index contributed by atoms with van der Waals surface area (Å²) in [6, 6.07) is 62.3. The lowest BCUT2D eigenvalue weighted by atomic mass is 10.0. The van der Waals surface area contributed by atoms with Gasteiger partial charge in [-0.2, -0.15) is 0 Å². The minimum absolute atomic E-state index is 0.529. The van der Waals surface area contributed by atoms with Crippen LogP contribution in [0.1, 0.15) is 17.4 Å². The molecule has 3 N–H and O–H groups in total. The van der Waals surface area contributed by atoms with Gasteiger partial charge in [0.05, 0.1) is 28.6 Å². The van der Waals surface area contributed by atoms with Crippen LogP contribution in [0.5, 0.6) is 0 Å². The number of aromatic nitrogens is 2. The summed E-state index contributed by atoms with van der Waals surface area (Å²) in [5.74, 6) is 0.749. The zero-order valence-electron chi connectivity index (χ0n) is 28.4. The molecule has 0 aliphatic carbocycles. The summed E-state index contributed by atoms with van der Waals surface area (Å²) in [6.07, 6.45) is -0.615. The zero-order valence-corrected chi connectivity index (χ0v) is 28.4. The number of amidine groups is 1. The second-order valence-corrected chi connectivity index (χ2v) is 13.4. The van der Waals surface area contributed by atoms with Crippen molar-refractivity contribution in [3.63, 3.8) is 0 Å². The summed E-state index contributed by atoms with van der Waals surface area (Å²) < 4.78 is 4.64. The number of benzene rings is 8. The van der Waals surface area contributed by atoms with E-state index in [9.17, 15) is 0 Å². The van der Waals surface area contributed by atoms with E-state index in [0.717, 1.165) is 55.4 Å². The Morgan fingerprint density at radius 2 is 1.17 bits per heavy atom. The van der Waals surface area contributed by atoms with Crippen molar-refractivity contribution in [1.82, 2.24) is 14.5 Å². The van der Waals surface area contributed by atoms with Crippen molar-refractivity contribution < 1.29 is 0 Å². The number of nitrogens with zero attached hydrogens (tertiary/aromatic N) is 3. The number of para-hydroxylation sites is 2. The first-order valence-corrected chi connectivity index (χ1v) is 17.7. The third-order valence-electron chi connectivity index (χ3n) is 10.3. The van der Waals surface area contributed by atoms with E-state index in [1.165, 1.54) is 32.4 Å². The summed E-state index contributed by atoms with van der Waals surface area (Å²) in [5, 5.41) is 13.2. The fourth-order valence-corrected chi connectivity index (χ4v) is 7.93. The molecular formula is C47H35N5. The van der Waals surface area contributed by atoms with E-state index < -0.39 is 6.29 Å². The van der Waals surface area contributed by atoms with Gasteiger partial charge in [0.15, 0.2) is 6.29 Å². The lowest BCUT2D eigenvalue weighted by molar-refractivity contribution is 0.517. The van der Waals surface area contributed by atoms with Gasteiger partial charge < -0.3 is 14.5 Å². The number of nitrogens with two attached hydrogens (primary N) is 1. The number of fused-ring (bicyclic) bond motifs is 9. The second-order valence-electron chi connectivity index (χ2n) is 13.4. The normalized spacial score (nSPS) is 12.8. The van der Waals surface area contributed by atoms with E-state index in [1.807, 2.05) is 6.07 Å². The van der Waals surface area contributed by atoms with Gasteiger partial charge in [0, 0.05) is 38.2 Å². The molecule has 0 radical (unpaired) electrons. The molecule has 5 nitrogen and oxygen atoms in total. The standard InChI is InChI=1S/C47H35N5/c48-47(50-46(49-30-31-13-3-1-4-14-31)35-24-23-32-15-7-8-17-34(32)27-35)52-42-22-12-11-21-38(42)40-28-41-39-26-25-33-16-9-10-20-37(33)45(39)51(43(41)29-44(40)52)36-18-5-2-6-19-36/h1-29,47H,30,48H2,(H,49,50). The van der Waals surface area contributed by atoms with E-state index >= 15 is 0 Å². The lowest BCUT2D eigenvalue weighted by Gasteiger charge is -2.21. The molecule has 10 rings (SSSR count). The van der Waals surface area contributed by atoms with Crippen molar-refractivity contribution in [2.75, 3.05) is 0 Å². The predicted octanol–water partition coefficient (Wildman–Crippen LogP) is 10.8. The van der Waals surface area contributed by atoms with Crippen LogP contribution in [0.2, 0.25) is 0 Å². The van der Waals surface area contributed by atoms with Gasteiger partial charge in [-0.3, -0.25) is 10.7 Å². The minimum atomic E-state index is -0.615. The van der Waals surface area contributed by atoms with Crippen molar-refractivity contribution in [3.8, 4) is 5.69 Å². The molecule has 52 heavy (non-hydrogen) atoms. The van der Waals surface area contributed by atoms with Crippen LogP contribution < -0.4 is 11.1 Å². The van der Waals surface area contributed by atoms with Gasteiger partial charge in [-0.1, -0.05) is 140 Å². The average Bonchev–Trinajstić information content (AvgIpc) is 3.71. The third kappa shape index (κ3) is 4.94. The van der Waals surface area contributed by atoms with Crippen LogP contribution in [-0.4, -0.2) is 15.0 Å². The maximum Gasteiger partial charge on any atom is 0.158 e. The van der Waals surface area contributed by atoms with E-state index in [1.54, 1.807) is 0 Å².